The molecule has 0 aromatic heterocycles. The zero-order valence-electron chi connectivity index (χ0n) is 54.8. The van der Waals surface area contributed by atoms with E-state index in [-0.39, 0.29) is 6.42 Å². The van der Waals surface area contributed by atoms with E-state index < -0.39 is 354 Å². The van der Waals surface area contributed by atoms with Crippen molar-refractivity contribution in [2.24, 2.45) is 0 Å². The van der Waals surface area contributed by atoms with E-state index in [1.807, 2.05) is 0 Å². The number of hydrogen-bond donors (Lipinski definition) is 1. The van der Waals surface area contributed by atoms with Crippen LogP contribution >= 0.6 is 0 Å². The van der Waals surface area contributed by atoms with Crippen molar-refractivity contribution in [2.75, 3.05) is 6.54 Å². The quantitative estimate of drug-likeness (QED) is 0.0194. The molecule has 0 aliphatic heterocycles. The maximum atomic E-state index is 18.1. The van der Waals surface area contributed by atoms with Crippen LogP contribution in [0.1, 0.15) is 108 Å². The fourth-order valence-corrected chi connectivity index (χ4v) is 13.7. The molecule has 0 bridgehead atoms. The molecule has 0 heterocycles. The summed E-state index contributed by atoms with van der Waals surface area (Å²) in [5, 5.41) is -19.9. The van der Waals surface area contributed by atoms with Crippen molar-refractivity contribution < 1.29 is 172 Å². The molecule has 0 aliphatic carbocycles. The van der Waals surface area contributed by atoms with Crippen LogP contribution < -0.4 is 26.8 Å². The maximum Gasteiger partial charge on any atom is 0.464 e. The smallest absolute Gasteiger partial charge is 0.234 e. The van der Waals surface area contributed by atoms with E-state index in [1.165, 1.54) is 0 Å². The molecule has 0 spiro atoms. The summed E-state index contributed by atoms with van der Waals surface area (Å²) >= 11 is 0. The van der Waals surface area contributed by atoms with Crippen LogP contribution in [-0.4, -0.2) is 36.8 Å². The zero-order chi connectivity index (χ0) is 82.0. The van der Waals surface area contributed by atoms with Crippen molar-refractivity contribution in [1.29, 1.82) is 0 Å². The predicted molar refractivity (Wildman–Crippen MR) is 312 cm³/mol. The summed E-state index contributed by atoms with van der Waals surface area (Å²) in [5.74, 6) is -102. The van der Waals surface area contributed by atoms with Crippen molar-refractivity contribution in [2.45, 2.75) is 136 Å². The summed E-state index contributed by atoms with van der Waals surface area (Å²) in [6.07, 6.45) is -22.0. The van der Waals surface area contributed by atoms with E-state index in [1.54, 1.807) is 6.92 Å². The van der Waals surface area contributed by atoms with Gasteiger partial charge < -0.3 is 0 Å². The third kappa shape index (κ3) is 12.2. The molecule has 9 rings (SSSR count). The van der Waals surface area contributed by atoms with Crippen LogP contribution in [-0.2, 0) is 31.6 Å². The monoisotopic (exact) mass is 1610 g/mol. The van der Waals surface area contributed by atoms with Gasteiger partial charge in [0.15, 0.2) is 139 Å². The molecular weight excluding hydrogens is 1560 g/mol. The summed E-state index contributed by atoms with van der Waals surface area (Å²) in [4.78, 5) is -2.38. The van der Waals surface area contributed by atoms with Gasteiger partial charge in [-0.3, -0.25) is 0 Å². The normalized spacial score (nSPS) is 13.2. The number of fused-ring (bicyclic) bond motifs is 4. The molecule has 0 amide bonds. The minimum atomic E-state index is -7.12. The highest BCUT2D eigenvalue weighted by Crippen LogP contribution is 2.51. The van der Waals surface area contributed by atoms with Gasteiger partial charge in [0.2, 0.25) is 0 Å². The van der Waals surface area contributed by atoms with E-state index >= 15 is 105 Å². The SMILES string of the molecule is CCCCCCC(F)(F)C(F)(F)C(F)(F)[NH+](CCC)c1cc(F)c(F)c(C(F)(F)C(F)(F)F)c1F.CCc1c(F)c(F)c(F)c2c(F)c(F)c(F)c([B-](c3c(F)c(F)c(F)c4c(F)c(F)c(F)c(CC)c34)(c3c(F)c(F)c(F)c4c(F)c(F)c(F)c(CC)c34)c3c(F)c(F)c(F)c4c(F)c(F)c(F)c(CC)c34)c12. The van der Waals surface area contributed by atoms with Gasteiger partial charge in [0.25, 0.3) is 0 Å². The first-order chi connectivity index (χ1) is 49.9. The topological polar surface area (TPSA) is 4.44 Å². The Bertz CT molecular complexity index is 4670. The fourth-order valence-electron chi connectivity index (χ4n) is 13.7. The van der Waals surface area contributed by atoms with Gasteiger partial charge in [-0.25, -0.2) is 119 Å². The van der Waals surface area contributed by atoms with Gasteiger partial charge in [-0.2, -0.15) is 43.9 Å². The van der Waals surface area contributed by atoms with Gasteiger partial charge in [-0.05, 0) is 82.3 Å². The Balaban J connectivity index is 0.000000353. The van der Waals surface area contributed by atoms with Crippen LogP contribution in [0.5, 0.6) is 0 Å². The standard InChI is InChI=1S/C48H20BF24.C20H21F14N/c1-5-9-13-17(29(54)41(66)25(9)50)33(58)45(70)37(62)21(13)49(22-14-10(6-2)26(51)42(67)30(55)18(14)34(59)46(71)38(22)63,23-15-11(7-3)27(52)43(68)31(56)19(15)35(60)47(72)39(23)64)24-16-12(8-4)28(53)44(69)32(57)20(16)36(61)48(73)40(24)65;1-3-5-6-7-8-16(24,25)18(28,29)20(33,34)35(9-4-2)12-10-11(21)14(22)13(15(12)23)17(26,27)19(30,31)32/h5-8H2,1-4H3;10H,3-9H2,1-2H3/q-1;/p+1. The molecule has 1 nitrogen and oxygen atoms in total. The van der Waals surface area contributed by atoms with Crippen molar-refractivity contribution >= 4 is 76.8 Å². The third-order valence-corrected chi connectivity index (χ3v) is 18.5. The minimum Gasteiger partial charge on any atom is -0.234 e. The number of nitrogens with one attached hydrogen (secondary N) is 1. The van der Waals surface area contributed by atoms with E-state index in [4.69, 9.17) is 0 Å². The van der Waals surface area contributed by atoms with Crippen molar-refractivity contribution in [3.05, 3.63) is 191 Å². The second-order valence-corrected chi connectivity index (χ2v) is 24.3. The molecule has 1 atom stereocenters. The van der Waals surface area contributed by atoms with E-state index in [0.29, 0.717) is 40.5 Å². The van der Waals surface area contributed by atoms with Crippen molar-refractivity contribution in [1.82, 2.24) is 0 Å². The third-order valence-electron chi connectivity index (χ3n) is 18.5. The number of rotatable bonds is 20. The molecule has 0 saturated heterocycles. The first kappa shape index (κ1) is 85.0. The molecule has 9 aromatic carbocycles. The Kier molecular flexibility index (Phi) is 23.3. The molecule has 40 heteroatoms. The fraction of sp³-hybridized carbons (Fsp3) is 0.324. The predicted octanol–water partition coefficient (Wildman–Crippen LogP) is 20.8. The number of unbranched alkanes of at least 4 members (excludes halogenated alkanes) is 3. The van der Waals surface area contributed by atoms with Crippen LogP contribution in [0.4, 0.5) is 173 Å². The van der Waals surface area contributed by atoms with Crippen LogP contribution in [0, 0.1) is 157 Å². The number of quaternary nitrogens is 1. The van der Waals surface area contributed by atoms with E-state index in [0.717, 1.165) is 6.92 Å². The minimum absolute atomic E-state index is 0.0348. The lowest BCUT2D eigenvalue weighted by Gasteiger charge is -2.48. The number of benzene rings is 9. The molecule has 0 radical (unpaired) electrons. The Hall–Kier alpha value is -8.62. The Morgan fingerprint density at radius 3 is 0.796 bits per heavy atom. The summed E-state index contributed by atoms with van der Waals surface area (Å²) in [5.41, 5.74) is -25.1. The highest BCUT2D eigenvalue weighted by molar-refractivity contribution is 7.23. The molecule has 108 heavy (non-hydrogen) atoms. The van der Waals surface area contributed by atoms with Gasteiger partial charge in [-0.15, -0.1) is 30.6 Å². The Morgan fingerprint density at radius 1 is 0.287 bits per heavy atom. The van der Waals surface area contributed by atoms with Crippen molar-refractivity contribution in [3.63, 3.8) is 0 Å². The maximum absolute atomic E-state index is 18.1. The lowest BCUT2D eigenvalue weighted by molar-refractivity contribution is -0.949. The highest BCUT2D eigenvalue weighted by Gasteiger charge is 2.77. The van der Waals surface area contributed by atoms with E-state index in [9.17, 15) is 61.5 Å². The molecule has 9 aromatic rings. The number of aryl methyl sites for hydroxylation is 4. The lowest BCUT2D eigenvalue weighted by atomic mass is 9.11. The average Bonchev–Trinajstić information content (AvgIpc) is 0.658. The Morgan fingerprint density at radius 2 is 0.556 bits per heavy atom. The van der Waals surface area contributed by atoms with Gasteiger partial charge in [0, 0.05) is 12.5 Å². The number of halogens is 38. The summed E-state index contributed by atoms with van der Waals surface area (Å²) in [6, 6.07) is -6.69. The van der Waals surface area contributed by atoms with Crippen LogP contribution in [0.2, 0.25) is 0 Å². The summed E-state index contributed by atoms with van der Waals surface area (Å²) in [7, 11) is 0. The zero-order valence-corrected chi connectivity index (χ0v) is 54.8. The molecule has 0 fully saturated rings. The van der Waals surface area contributed by atoms with E-state index in [2.05, 4.69) is 0 Å². The first-order valence-corrected chi connectivity index (χ1v) is 31.3. The number of hydrogen-bond acceptors (Lipinski definition) is 0. The summed E-state index contributed by atoms with van der Waals surface area (Å²) in [6.45, 7) is 3.59. The molecule has 1 N–H and O–H groups in total. The Labute approximate surface area is 580 Å². The van der Waals surface area contributed by atoms with Gasteiger partial charge in [0.1, 0.15) is 35.0 Å². The van der Waals surface area contributed by atoms with Crippen LogP contribution in [0.15, 0.2) is 6.07 Å². The molecule has 588 valence electrons. The lowest BCUT2D eigenvalue weighted by Crippen LogP contribution is -3.17. The van der Waals surface area contributed by atoms with Crippen LogP contribution in [0.3, 0.4) is 0 Å². The molecule has 1 unspecified atom stereocenters. The second kappa shape index (κ2) is 29.7. The first-order valence-electron chi connectivity index (χ1n) is 31.3. The van der Waals surface area contributed by atoms with Crippen molar-refractivity contribution in [3.8, 4) is 0 Å². The van der Waals surface area contributed by atoms with Crippen LogP contribution in [0.25, 0.3) is 43.1 Å². The van der Waals surface area contributed by atoms with Gasteiger partial charge in [-0.1, -0.05) is 60.8 Å². The highest BCUT2D eigenvalue weighted by atomic mass is 19.4. The second-order valence-electron chi connectivity index (χ2n) is 24.3. The van der Waals surface area contributed by atoms with Gasteiger partial charge >= 0.3 is 30.0 Å². The molecule has 0 saturated carbocycles. The molecule has 0 aliphatic rings. The number of alkyl halides is 11. The summed E-state index contributed by atoms with van der Waals surface area (Å²) < 4.78 is 593. The average molecular weight is 1610 g/mol. The molecular formula is C68H42BF38N. The largest absolute Gasteiger partial charge is 0.464 e. The van der Waals surface area contributed by atoms with Gasteiger partial charge in [0.05, 0.1) is 28.1 Å².